The van der Waals surface area contributed by atoms with Crippen molar-refractivity contribution < 1.29 is 29.0 Å². The molecule has 0 saturated heterocycles. The number of hydrogen-bond donors (Lipinski definition) is 3. The van der Waals surface area contributed by atoms with Crippen molar-refractivity contribution in [1.29, 1.82) is 0 Å². The molecule has 0 unspecified atom stereocenters. The Kier molecular flexibility index (Phi) is 9.84. The number of carboxylic acids is 1. The fraction of sp³-hybridized carbons (Fsp3) is 0.378. The average Bonchev–Trinajstić information content (AvgIpc) is 3.60. The second-order valence-electron chi connectivity index (χ2n) is 12.8. The SMILES string of the molecule is COc1ccc2c(OCC[C@@H]3NC(=O)N(C)CCCC/C=C\[C@@H]4C[C@@]4(C(=O)O)NC3=O)cc(-c3cnn(Cc4ccccc4)c3)nc2c1C. The summed E-state index contributed by atoms with van der Waals surface area (Å²) in [7, 11) is 3.29. The van der Waals surface area contributed by atoms with Crippen LogP contribution >= 0.6 is 0 Å². The van der Waals surface area contributed by atoms with Gasteiger partial charge in [0.25, 0.3) is 0 Å². The number of hydrogen-bond acceptors (Lipinski definition) is 7. The average molecular weight is 667 g/mol. The third-order valence-electron chi connectivity index (χ3n) is 9.33. The Morgan fingerprint density at radius 3 is 2.71 bits per heavy atom. The summed E-state index contributed by atoms with van der Waals surface area (Å²) in [4.78, 5) is 45.5. The van der Waals surface area contributed by atoms with Crippen LogP contribution in [0.15, 0.2) is 73.1 Å². The van der Waals surface area contributed by atoms with Crippen LogP contribution in [0.3, 0.4) is 0 Å². The molecule has 4 aromatic rings. The number of fused-ring (bicyclic) bond motifs is 2. The Balaban J connectivity index is 1.26. The van der Waals surface area contributed by atoms with Crippen LogP contribution < -0.4 is 20.1 Å². The number of carbonyl (C=O) groups is 3. The zero-order valence-corrected chi connectivity index (χ0v) is 28.0. The van der Waals surface area contributed by atoms with Gasteiger partial charge in [0.2, 0.25) is 5.91 Å². The van der Waals surface area contributed by atoms with E-state index in [0.29, 0.717) is 42.2 Å². The van der Waals surface area contributed by atoms with Crippen LogP contribution in [-0.2, 0) is 16.1 Å². The van der Waals surface area contributed by atoms with E-state index in [9.17, 15) is 19.5 Å². The van der Waals surface area contributed by atoms with Gasteiger partial charge in [0.05, 0.1) is 37.7 Å². The summed E-state index contributed by atoms with van der Waals surface area (Å²) >= 11 is 0. The number of allylic oxidation sites excluding steroid dienone is 1. The monoisotopic (exact) mass is 666 g/mol. The van der Waals surface area contributed by atoms with E-state index in [1.165, 1.54) is 0 Å². The lowest BCUT2D eigenvalue weighted by Gasteiger charge is -2.25. The molecule has 2 aromatic heterocycles. The lowest BCUT2D eigenvalue weighted by Crippen LogP contribution is -2.55. The van der Waals surface area contributed by atoms with Crippen LogP contribution in [0.1, 0.15) is 43.2 Å². The molecule has 3 atom stereocenters. The lowest BCUT2D eigenvalue weighted by molar-refractivity contribution is -0.143. The minimum Gasteiger partial charge on any atom is -0.496 e. The molecule has 2 aliphatic rings. The van der Waals surface area contributed by atoms with E-state index >= 15 is 0 Å². The first-order valence-corrected chi connectivity index (χ1v) is 16.6. The summed E-state index contributed by atoms with van der Waals surface area (Å²) in [6.07, 6.45) is 10.4. The van der Waals surface area contributed by atoms with Gasteiger partial charge in [-0.2, -0.15) is 5.10 Å². The van der Waals surface area contributed by atoms with Gasteiger partial charge in [0.15, 0.2) is 0 Å². The number of aryl methyl sites for hydroxylation is 1. The standard InChI is InChI=1S/C37H42N6O6/c1-24-31(48-3)15-14-28-32(19-30(39-33(24)28)26-21-38-43(23-26)22-25-11-7-6-8-12-25)49-18-16-29-34(44)41-37(35(45)46)20-27(37)13-9-4-5-10-17-42(2)36(47)40-29/h6-9,11-15,19,21,23,27,29H,4-5,10,16-18,20,22H2,1-3H3,(H,40,47)(H,41,44)(H,45,46)/b13-9-/t27-,29+,37-/m1/s1. The molecule has 1 aliphatic heterocycles. The fourth-order valence-electron chi connectivity index (χ4n) is 6.28. The number of pyridine rings is 1. The van der Waals surface area contributed by atoms with Crippen LogP contribution in [0.5, 0.6) is 11.5 Å². The first-order valence-electron chi connectivity index (χ1n) is 16.6. The Morgan fingerprint density at radius 2 is 1.94 bits per heavy atom. The van der Waals surface area contributed by atoms with Gasteiger partial charge in [-0.3, -0.25) is 9.48 Å². The fourth-order valence-corrected chi connectivity index (χ4v) is 6.28. The quantitative estimate of drug-likeness (QED) is 0.213. The molecule has 12 nitrogen and oxygen atoms in total. The molecule has 0 radical (unpaired) electrons. The summed E-state index contributed by atoms with van der Waals surface area (Å²) in [5.41, 5.74) is 2.74. The van der Waals surface area contributed by atoms with Crippen molar-refractivity contribution in [2.75, 3.05) is 27.3 Å². The molecule has 49 heavy (non-hydrogen) atoms. The van der Waals surface area contributed by atoms with Crippen LogP contribution in [-0.4, -0.2) is 81.6 Å². The lowest BCUT2D eigenvalue weighted by atomic mass is 10.1. The second kappa shape index (κ2) is 14.4. The molecule has 256 valence electrons. The number of carbonyl (C=O) groups excluding carboxylic acids is 2. The third kappa shape index (κ3) is 7.38. The van der Waals surface area contributed by atoms with E-state index in [2.05, 4.69) is 15.7 Å². The number of aromatic nitrogens is 3. The van der Waals surface area contributed by atoms with E-state index in [0.717, 1.165) is 41.3 Å². The number of carboxylic acid groups (broad SMARTS) is 1. The molecule has 0 spiro atoms. The van der Waals surface area contributed by atoms with Crippen molar-refractivity contribution >= 4 is 28.8 Å². The van der Waals surface area contributed by atoms with Gasteiger partial charge in [0.1, 0.15) is 23.1 Å². The van der Waals surface area contributed by atoms with Gasteiger partial charge in [-0.25, -0.2) is 14.6 Å². The zero-order chi connectivity index (χ0) is 34.5. The third-order valence-corrected chi connectivity index (χ3v) is 9.33. The molecule has 3 heterocycles. The highest BCUT2D eigenvalue weighted by molar-refractivity contribution is 5.94. The van der Waals surface area contributed by atoms with Gasteiger partial charge in [-0.15, -0.1) is 0 Å². The van der Waals surface area contributed by atoms with Gasteiger partial charge >= 0.3 is 12.0 Å². The van der Waals surface area contributed by atoms with Crippen molar-refractivity contribution in [2.45, 2.75) is 57.2 Å². The molecule has 12 heteroatoms. The number of amides is 3. The first-order chi connectivity index (χ1) is 23.7. The largest absolute Gasteiger partial charge is 0.496 e. The van der Waals surface area contributed by atoms with Crippen molar-refractivity contribution in [3.8, 4) is 22.8 Å². The molecule has 1 saturated carbocycles. The van der Waals surface area contributed by atoms with Crippen LogP contribution in [0.4, 0.5) is 4.79 Å². The summed E-state index contributed by atoms with van der Waals surface area (Å²) in [6, 6.07) is 14.2. The number of aliphatic carboxylic acids is 1. The van der Waals surface area contributed by atoms with Crippen LogP contribution in [0.2, 0.25) is 0 Å². The summed E-state index contributed by atoms with van der Waals surface area (Å²) in [5.74, 6) is -0.722. The molecule has 3 N–H and O–H groups in total. The number of benzene rings is 2. The molecular formula is C37H42N6O6. The molecule has 0 bridgehead atoms. The highest BCUT2D eigenvalue weighted by atomic mass is 16.5. The predicted octanol–water partition coefficient (Wildman–Crippen LogP) is 4.94. The van der Waals surface area contributed by atoms with E-state index in [1.807, 2.05) is 78.5 Å². The maximum absolute atomic E-state index is 13.6. The van der Waals surface area contributed by atoms with Gasteiger partial charge < -0.3 is 30.1 Å². The van der Waals surface area contributed by atoms with Gasteiger partial charge in [-0.05, 0) is 50.3 Å². The summed E-state index contributed by atoms with van der Waals surface area (Å²) in [5, 5.41) is 20.9. The number of ether oxygens (including phenoxy) is 2. The molecular weight excluding hydrogens is 624 g/mol. The van der Waals surface area contributed by atoms with Crippen molar-refractivity contribution in [3.05, 3.63) is 84.2 Å². The Labute approximate surface area is 285 Å². The molecule has 3 amide bonds. The Bertz CT molecular complexity index is 1870. The summed E-state index contributed by atoms with van der Waals surface area (Å²) < 4.78 is 13.8. The van der Waals surface area contributed by atoms with Crippen molar-refractivity contribution in [1.82, 2.24) is 30.3 Å². The highest BCUT2D eigenvalue weighted by Crippen LogP contribution is 2.45. The molecule has 1 fully saturated rings. The summed E-state index contributed by atoms with van der Waals surface area (Å²) in [6.45, 7) is 3.13. The first kappa shape index (κ1) is 33.5. The number of urea groups is 1. The normalized spacial score (nSPS) is 22.0. The smallest absolute Gasteiger partial charge is 0.330 e. The molecule has 1 aliphatic carbocycles. The van der Waals surface area contributed by atoms with Crippen LogP contribution in [0.25, 0.3) is 22.2 Å². The molecule has 6 rings (SSSR count). The van der Waals surface area contributed by atoms with E-state index < -0.39 is 29.5 Å². The van der Waals surface area contributed by atoms with E-state index in [-0.39, 0.29) is 18.9 Å². The van der Waals surface area contributed by atoms with E-state index in [4.69, 9.17) is 14.5 Å². The Hall–Kier alpha value is -5.39. The predicted molar refractivity (Wildman–Crippen MR) is 184 cm³/mol. The van der Waals surface area contributed by atoms with Crippen molar-refractivity contribution in [3.63, 3.8) is 0 Å². The highest BCUT2D eigenvalue weighted by Gasteiger charge is 2.60. The Morgan fingerprint density at radius 1 is 1.12 bits per heavy atom. The maximum Gasteiger partial charge on any atom is 0.330 e. The maximum atomic E-state index is 13.6. The minimum absolute atomic E-state index is 0.0579. The number of nitrogens with zero attached hydrogens (tertiary/aromatic N) is 4. The van der Waals surface area contributed by atoms with Crippen LogP contribution in [0, 0.1) is 12.8 Å². The van der Waals surface area contributed by atoms with Gasteiger partial charge in [0, 0.05) is 54.7 Å². The van der Waals surface area contributed by atoms with Gasteiger partial charge in [-0.1, -0.05) is 42.5 Å². The second-order valence-corrected chi connectivity index (χ2v) is 12.8. The molecule has 2 aromatic carbocycles. The number of methoxy groups -OCH3 is 1. The topological polar surface area (TPSA) is 148 Å². The minimum atomic E-state index is -1.38. The number of nitrogens with one attached hydrogen (secondary N) is 2. The zero-order valence-electron chi connectivity index (χ0n) is 28.0. The number of rotatable bonds is 9. The van der Waals surface area contributed by atoms with Crippen molar-refractivity contribution in [2.24, 2.45) is 5.92 Å². The van der Waals surface area contributed by atoms with E-state index in [1.54, 1.807) is 25.3 Å².